The number of carbonyl (C=O) groups excluding carboxylic acids is 1. The van der Waals surface area contributed by atoms with Gasteiger partial charge in [0.25, 0.3) is 5.91 Å². The van der Waals surface area contributed by atoms with Gasteiger partial charge in [0.05, 0.1) is 11.3 Å². The zero-order valence-electron chi connectivity index (χ0n) is 11.8. The second kappa shape index (κ2) is 6.35. The largest absolute Gasteiger partial charge is 0.380 e. The van der Waals surface area contributed by atoms with E-state index in [4.69, 9.17) is 0 Å². The van der Waals surface area contributed by atoms with Crippen molar-refractivity contribution >= 4 is 11.6 Å². The predicted molar refractivity (Wildman–Crippen MR) is 80.9 cm³/mol. The van der Waals surface area contributed by atoms with E-state index in [0.29, 0.717) is 12.1 Å². The summed E-state index contributed by atoms with van der Waals surface area (Å²) in [6.07, 6.45) is 9.13. The average molecular weight is 282 g/mol. The lowest BCUT2D eigenvalue weighted by Crippen LogP contribution is -2.27. The third-order valence-electron chi connectivity index (χ3n) is 3.60. The molecule has 108 valence electrons. The number of hydrogen-bond acceptors (Lipinski definition) is 4. The molecule has 1 N–H and O–H groups in total. The molecule has 3 heterocycles. The van der Waals surface area contributed by atoms with E-state index in [1.807, 2.05) is 29.3 Å². The highest BCUT2D eigenvalue weighted by molar-refractivity contribution is 5.94. The van der Waals surface area contributed by atoms with Crippen LogP contribution in [0, 0.1) is 0 Å². The van der Waals surface area contributed by atoms with E-state index >= 15 is 0 Å². The quantitative estimate of drug-likeness (QED) is 0.935. The SMILES string of the molecule is O=C(c1cncc(NCc2cccnc2)c1)N1CCCC1. The van der Waals surface area contributed by atoms with Crippen LogP contribution in [0.4, 0.5) is 5.69 Å². The Hall–Kier alpha value is -2.43. The summed E-state index contributed by atoms with van der Waals surface area (Å²) in [6.45, 7) is 2.37. The van der Waals surface area contributed by atoms with Gasteiger partial charge in [0.15, 0.2) is 0 Å². The Morgan fingerprint density at radius 2 is 2.05 bits per heavy atom. The Kier molecular flexibility index (Phi) is 4.09. The Morgan fingerprint density at radius 1 is 1.19 bits per heavy atom. The van der Waals surface area contributed by atoms with E-state index in [1.165, 1.54) is 0 Å². The fourth-order valence-corrected chi connectivity index (χ4v) is 2.46. The molecule has 1 aliphatic heterocycles. The summed E-state index contributed by atoms with van der Waals surface area (Å²) in [5.74, 6) is 0.0741. The number of amides is 1. The summed E-state index contributed by atoms with van der Waals surface area (Å²) in [7, 11) is 0. The van der Waals surface area contributed by atoms with Gasteiger partial charge in [0, 0.05) is 44.4 Å². The fourth-order valence-electron chi connectivity index (χ4n) is 2.46. The van der Waals surface area contributed by atoms with Crippen molar-refractivity contribution < 1.29 is 4.79 Å². The van der Waals surface area contributed by atoms with Gasteiger partial charge in [-0.2, -0.15) is 0 Å². The van der Waals surface area contributed by atoms with Crippen molar-refractivity contribution in [1.29, 1.82) is 0 Å². The summed E-state index contributed by atoms with van der Waals surface area (Å²) in [4.78, 5) is 22.5. The Labute approximate surface area is 124 Å². The molecule has 1 saturated heterocycles. The molecule has 5 nitrogen and oxygen atoms in total. The van der Waals surface area contributed by atoms with Gasteiger partial charge in [0.2, 0.25) is 0 Å². The van der Waals surface area contributed by atoms with Crippen LogP contribution in [0.5, 0.6) is 0 Å². The normalized spacial score (nSPS) is 14.2. The van der Waals surface area contributed by atoms with Gasteiger partial charge in [-0.05, 0) is 30.5 Å². The highest BCUT2D eigenvalue weighted by atomic mass is 16.2. The molecule has 0 saturated carbocycles. The highest BCUT2D eigenvalue weighted by Crippen LogP contribution is 2.15. The van der Waals surface area contributed by atoms with E-state index < -0.39 is 0 Å². The molecule has 3 rings (SSSR count). The third kappa shape index (κ3) is 3.37. The van der Waals surface area contributed by atoms with E-state index in [-0.39, 0.29) is 5.91 Å². The van der Waals surface area contributed by atoms with Gasteiger partial charge in [-0.15, -0.1) is 0 Å². The number of pyridine rings is 2. The Balaban J connectivity index is 1.66. The van der Waals surface area contributed by atoms with Crippen molar-refractivity contribution in [1.82, 2.24) is 14.9 Å². The number of nitrogens with one attached hydrogen (secondary N) is 1. The molecule has 5 heteroatoms. The zero-order valence-corrected chi connectivity index (χ0v) is 11.8. The number of likely N-dealkylation sites (tertiary alicyclic amines) is 1. The molecule has 21 heavy (non-hydrogen) atoms. The molecule has 1 amide bonds. The fraction of sp³-hybridized carbons (Fsp3) is 0.312. The van der Waals surface area contributed by atoms with Crippen LogP contribution in [0.15, 0.2) is 43.0 Å². The second-order valence-electron chi connectivity index (χ2n) is 5.18. The van der Waals surface area contributed by atoms with Gasteiger partial charge in [-0.25, -0.2) is 0 Å². The summed E-state index contributed by atoms with van der Waals surface area (Å²) < 4.78 is 0. The zero-order chi connectivity index (χ0) is 14.5. The molecule has 0 aliphatic carbocycles. The van der Waals surface area contributed by atoms with Crippen molar-refractivity contribution in [2.75, 3.05) is 18.4 Å². The minimum absolute atomic E-state index is 0.0741. The third-order valence-corrected chi connectivity index (χ3v) is 3.60. The minimum atomic E-state index is 0.0741. The van der Waals surface area contributed by atoms with Crippen LogP contribution in [0.25, 0.3) is 0 Å². The minimum Gasteiger partial charge on any atom is -0.380 e. The first-order valence-electron chi connectivity index (χ1n) is 7.20. The molecule has 0 bridgehead atoms. The maximum absolute atomic E-state index is 12.3. The van der Waals surface area contributed by atoms with Crippen molar-refractivity contribution in [3.05, 3.63) is 54.1 Å². The van der Waals surface area contributed by atoms with E-state index in [9.17, 15) is 4.79 Å². The van der Waals surface area contributed by atoms with Crippen LogP contribution in [0.3, 0.4) is 0 Å². The maximum atomic E-state index is 12.3. The lowest BCUT2D eigenvalue weighted by molar-refractivity contribution is 0.0792. The van der Waals surface area contributed by atoms with Crippen molar-refractivity contribution in [2.24, 2.45) is 0 Å². The van der Waals surface area contributed by atoms with Crippen molar-refractivity contribution in [3.63, 3.8) is 0 Å². The lowest BCUT2D eigenvalue weighted by atomic mass is 10.2. The number of aromatic nitrogens is 2. The summed E-state index contributed by atoms with van der Waals surface area (Å²) in [6, 6.07) is 5.78. The first kappa shape index (κ1) is 13.5. The molecule has 2 aromatic rings. The van der Waals surface area contributed by atoms with E-state index in [0.717, 1.165) is 37.2 Å². The molecule has 1 fully saturated rings. The lowest BCUT2D eigenvalue weighted by Gasteiger charge is -2.15. The van der Waals surface area contributed by atoms with Gasteiger partial charge in [-0.1, -0.05) is 6.07 Å². The van der Waals surface area contributed by atoms with Gasteiger partial charge < -0.3 is 10.2 Å². The first-order chi connectivity index (χ1) is 10.3. The first-order valence-corrected chi connectivity index (χ1v) is 7.20. The molecule has 1 aliphatic rings. The molecule has 0 aromatic carbocycles. The van der Waals surface area contributed by atoms with Crippen LogP contribution in [-0.4, -0.2) is 33.9 Å². The van der Waals surface area contributed by atoms with Gasteiger partial charge in [-0.3, -0.25) is 14.8 Å². The number of rotatable bonds is 4. The van der Waals surface area contributed by atoms with E-state index in [1.54, 1.807) is 18.6 Å². The molecular weight excluding hydrogens is 264 g/mol. The summed E-state index contributed by atoms with van der Waals surface area (Å²) in [5, 5.41) is 3.27. The topological polar surface area (TPSA) is 58.1 Å². The number of carbonyl (C=O) groups is 1. The van der Waals surface area contributed by atoms with Crippen LogP contribution in [-0.2, 0) is 6.54 Å². The van der Waals surface area contributed by atoms with Crippen LogP contribution >= 0.6 is 0 Å². The average Bonchev–Trinajstić information content (AvgIpc) is 3.08. The van der Waals surface area contributed by atoms with Crippen LogP contribution in [0.1, 0.15) is 28.8 Å². The summed E-state index contributed by atoms with van der Waals surface area (Å²) in [5.41, 5.74) is 2.59. The van der Waals surface area contributed by atoms with Gasteiger partial charge >= 0.3 is 0 Å². The van der Waals surface area contributed by atoms with E-state index in [2.05, 4.69) is 15.3 Å². The van der Waals surface area contributed by atoms with Crippen LogP contribution in [0.2, 0.25) is 0 Å². The van der Waals surface area contributed by atoms with Crippen molar-refractivity contribution in [3.8, 4) is 0 Å². The van der Waals surface area contributed by atoms with Crippen molar-refractivity contribution in [2.45, 2.75) is 19.4 Å². The molecule has 2 aromatic heterocycles. The maximum Gasteiger partial charge on any atom is 0.255 e. The number of anilines is 1. The smallest absolute Gasteiger partial charge is 0.255 e. The molecule has 0 atom stereocenters. The second-order valence-corrected chi connectivity index (χ2v) is 5.18. The highest BCUT2D eigenvalue weighted by Gasteiger charge is 2.19. The molecular formula is C16H18N4O. The Bertz CT molecular complexity index is 609. The predicted octanol–water partition coefficient (Wildman–Crippen LogP) is 2.32. The molecule has 0 radical (unpaired) electrons. The monoisotopic (exact) mass is 282 g/mol. The standard InChI is InChI=1S/C16H18N4O/c21-16(20-6-1-2-7-20)14-8-15(12-18-11-14)19-10-13-4-3-5-17-9-13/h3-5,8-9,11-12,19H,1-2,6-7,10H2. The molecule has 0 spiro atoms. The summed E-state index contributed by atoms with van der Waals surface area (Å²) >= 11 is 0. The van der Waals surface area contributed by atoms with Crippen LogP contribution < -0.4 is 5.32 Å². The molecule has 0 unspecified atom stereocenters. The number of nitrogens with zero attached hydrogens (tertiary/aromatic N) is 3. The number of hydrogen-bond donors (Lipinski definition) is 1. The van der Waals surface area contributed by atoms with Gasteiger partial charge in [0.1, 0.15) is 0 Å². The Morgan fingerprint density at radius 3 is 2.81 bits per heavy atom.